The molecule has 16 heavy (non-hydrogen) atoms. The molecule has 80 valence electrons. The first-order valence-electron chi connectivity index (χ1n) is 5.28. The maximum atomic E-state index is 9.16. The van der Waals surface area contributed by atoms with Gasteiger partial charge in [-0.1, -0.05) is 29.8 Å². The van der Waals surface area contributed by atoms with Gasteiger partial charge in [-0.2, -0.15) is 5.26 Å². The van der Waals surface area contributed by atoms with Gasteiger partial charge in [0.25, 0.3) is 0 Å². The standard InChI is InChI=1S/C14H13NO/c1-11-4-6-12(7-5-11)13(10-15)9-14-3-2-8-16-14/h2-8,13H,9H2,1H3. The van der Waals surface area contributed by atoms with E-state index in [0.717, 1.165) is 11.3 Å². The van der Waals surface area contributed by atoms with Gasteiger partial charge in [0.15, 0.2) is 0 Å². The zero-order valence-electron chi connectivity index (χ0n) is 9.18. The highest BCUT2D eigenvalue weighted by molar-refractivity contribution is 5.29. The maximum Gasteiger partial charge on any atom is 0.105 e. The average Bonchev–Trinajstić information content (AvgIpc) is 2.80. The minimum absolute atomic E-state index is 0.133. The highest BCUT2D eigenvalue weighted by Gasteiger charge is 2.12. The van der Waals surface area contributed by atoms with E-state index in [1.807, 2.05) is 43.3 Å². The van der Waals surface area contributed by atoms with E-state index in [2.05, 4.69) is 6.07 Å². The number of hydrogen-bond acceptors (Lipinski definition) is 2. The normalized spacial score (nSPS) is 12.0. The van der Waals surface area contributed by atoms with Crippen molar-refractivity contribution in [2.45, 2.75) is 19.3 Å². The first-order valence-corrected chi connectivity index (χ1v) is 5.28. The predicted molar refractivity (Wildman–Crippen MR) is 61.9 cm³/mol. The number of hydrogen-bond donors (Lipinski definition) is 0. The van der Waals surface area contributed by atoms with E-state index in [-0.39, 0.29) is 5.92 Å². The molecule has 1 heterocycles. The van der Waals surface area contributed by atoms with Crippen molar-refractivity contribution in [3.8, 4) is 6.07 Å². The summed E-state index contributed by atoms with van der Waals surface area (Å²) < 4.78 is 5.26. The molecule has 2 nitrogen and oxygen atoms in total. The van der Waals surface area contributed by atoms with Gasteiger partial charge in [0.2, 0.25) is 0 Å². The van der Waals surface area contributed by atoms with Crippen LogP contribution in [0.5, 0.6) is 0 Å². The van der Waals surface area contributed by atoms with Crippen LogP contribution in [-0.4, -0.2) is 0 Å². The summed E-state index contributed by atoms with van der Waals surface area (Å²) in [5, 5.41) is 9.16. The van der Waals surface area contributed by atoms with Crippen molar-refractivity contribution < 1.29 is 4.42 Å². The Bertz CT molecular complexity index is 476. The summed E-state index contributed by atoms with van der Waals surface area (Å²) in [6.07, 6.45) is 2.27. The molecule has 1 unspecified atom stereocenters. The van der Waals surface area contributed by atoms with Gasteiger partial charge in [0.05, 0.1) is 18.3 Å². The Morgan fingerprint density at radius 2 is 2.00 bits per heavy atom. The third-order valence-corrected chi connectivity index (χ3v) is 2.62. The second-order valence-electron chi connectivity index (χ2n) is 3.88. The molecule has 1 aromatic heterocycles. The molecular formula is C14H13NO. The molecule has 2 aromatic rings. The largest absolute Gasteiger partial charge is 0.469 e. The maximum absolute atomic E-state index is 9.16. The molecule has 1 aromatic carbocycles. The topological polar surface area (TPSA) is 36.9 Å². The summed E-state index contributed by atoms with van der Waals surface area (Å²) in [5.74, 6) is 0.721. The number of aryl methyl sites for hydroxylation is 1. The fourth-order valence-corrected chi connectivity index (χ4v) is 1.67. The summed E-state index contributed by atoms with van der Waals surface area (Å²) in [6.45, 7) is 2.04. The number of nitrogens with zero attached hydrogens (tertiary/aromatic N) is 1. The van der Waals surface area contributed by atoms with E-state index in [9.17, 15) is 0 Å². The van der Waals surface area contributed by atoms with Crippen LogP contribution >= 0.6 is 0 Å². The van der Waals surface area contributed by atoms with E-state index in [4.69, 9.17) is 9.68 Å². The van der Waals surface area contributed by atoms with Gasteiger partial charge < -0.3 is 4.42 Å². The molecule has 0 aliphatic carbocycles. The van der Waals surface area contributed by atoms with Gasteiger partial charge in [-0.3, -0.25) is 0 Å². The van der Waals surface area contributed by atoms with Gasteiger partial charge in [-0.15, -0.1) is 0 Å². The predicted octanol–water partition coefficient (Wildman–Crippen LogP) is 3.44. The molecule has 0 bridgehead atoms. The van der Waals surface area contributed by atoms with Crippen LogP contribution in [0.15, 0.2) is 47.1 Å². The van der Waals surface area contributed by atoms with Crippen LogP contribution in [0.3, 0.4) is 0 Å². The van der Waals surface area contributed by atoms with Gasteiger partial charge >= 0.3 is 0 Å². The lowest BCUT2D eigenvalue weighted by Gasteiger charge is -2.07. The minimum atomic E-state index is -0.133. The van der Waals surface area contributed by atoms with E-state index >= 15 is 0 Å². The number of benzene rings is 1. The van der Waals surface area contributed by atoms with Crippen LogP contribution in [0.2, 0.25) is 0 Å². The zero-order chi connectivity index (χ0) is 11.4. The monoisotopic (exact) mass is 211 g/mol. The summed E-state index contributed by atoms with van der Waals surface area (Å²) in [6, 6.07) is 14.1. The van der Waals surface area contributed by atoms with Crippen molar-refractivity contribution in [1.29, 1.82) is 5.26 Å². The zero-order valence-corrected chi connectivity index (χ0v) is 9.18. The summed E-state index contributed by atoms with van der Waals surface area (Å²) >= 11 is 0. The Morgan fingerprint density at radius 3 is 2.56 bits per heavy atom. The SMILES string of the molecule is Cc1ccc(C(C#N)Cc2ccco2)cc1. The third-order valence-electron chi connectivity index (χ3n) is 2.62. The molecule has 0 radical (unpaired) electrons. The highest BCUT2D eigenvalue weighted by atomic mass is 16.3. The fourth-order valence-electron chi connectivity index (χ4n) is 1.67. The Balaban J connectivity index is 2.17. The number of rotatable bonds is 3. The van der Waals surface area contributed by atoms with Crippen LogP contribution < -0.4 is 0 Å². The van der Waals surface area contributed by atoms with E-state index in [1.54, 1.807) is 6.26 Å². The minimum Gasteiger partial charge on any atom is -0.469 e. The second-order valence-corrected chi connectivity index (χ2v) is 3.88. The van der Waals surface area contributed by atoms with Crippen molar-refractivity contribution in [1.82, 2.24) is 0 Å². The van der Waals surface area contributed by atoms with Crippen LogP contribution in [0.4, 0.5) is 0 Å². The summed E-state index contributed by atoms with van der Waals surface area (Å²) in [7, 11) is 0. The molecule has 0 N–H and O–H groups in total. The fraction of sp³-hybridized carbons (Fsp3) is 0.214. The molecule has 0 spiro atoms. The van der Waals surface area contributed by atoms with Gasteiger partial charge in [-0.25, -0.2) is 0 Å². The Labute approximate surface area is 95.1 Å². The van der Waals surface area contributed by atoms with Crippen LogP contribution in [0.1, 0.15) is 22.8 Å². The van der Waals surface area contributed by atoms with Crippen LogP contribution in [0, 0.1) is 18.3 Å². The van der Waals surface area contributed by atoms with E-state index in [1.165, 1.54) is 5.56 Å². The molecule has 0 saturated heterocycles. The molecule has 2 heteroatoms. The molecular weight excluding hydrogens is 198 g/mol. The molecule has 2 rings (SSSR count). The van der Waals surface area contributed by atoms with E-state index < -0.39 is 0 Å². The molecule has 0 fully saturated rings. The number of nitriles is 1. The first kappa shape index (κ1) is 10.5. The van der Waals surface area contributed by atoms with Gasteiger partial charge in [0, 0.05) is 6.42 Å². The van der Waals surface area contributed by atoms with Crippen molar-refractivity contribution in [3.63, 3.8) is 0 Å². The average molecular weight is 211 g/mol. The number of furan rings is 1. The lowest BCUT2D eigenvalue weighted by Crippen LogP contribution is -1.99. The Morgan fingerprint density at radius 1 is 1.25 bits per heavy atom. The smallest absolute Gasteiger partial charge is 0.105 e. The first-order chi connectivity index (χ1) is 7.79. The van der Waals surface area contributed by atoms with Crippen molar-refractivity contribution in [2.75, 3.05) is 0 Å². The highest BCUT2D eigenvalue weighted by Crippen LogP contribution is 2.20. The Kier molecular flexibility index (Phi) is 3.07. The molecule has 1 atom stereocenters. The van der Waals surface area contributed by atoms with Crippen LogP contribution in [0.25, 0.3) is 0 Å². The summed E-state index contributed by atoms with van der Waals surface area (Å²) in [5.41, 5.74) is 2.25. The lowest BCUT2D eigenvalue weighted by atomic mass is 9.95. The Hall–Kier alpha value is -2.01. The van der Waals surface area contributed by atoms with Crippen molar-refractivity contribution >= 4 is 0 Å². The quantitative estimate of drug-likeness (QED) is 0.779. The second kappa shape index (κ2) is 4.67. The molecule has 0 saturated carbocycles. The summed E-state index contributed by atoms with van der Waals surface area (Å²) in [4.78, 5) is 0. The van der Waals surface area contributed by atoms with Gasteiger partial charge in [0.1, 0.15) is 5.76 Å². The van der Waals surface area contributed by atoms with E-state index in [0.29, 0.717) is 6.42 Å². The van der Waals surface area contributed by atoms with Crippen molar-refractivity contribution in [3.05, 3.63) is 59.5 Å². The molecule has 0 aliphatic rings. The molecule has 0 aliphatic heterocycles. The van der Waals surface area contributed by atoms with Crippen molar-refractivity contribution in [2.24, 2.45) is 0 Å². The molecule has 0 amide bonds. The third kappa shape index (κ3) is 2.32. The van der Waals surface area contributed by atoms with Gasteiger partial charge in [-0.05, 0) is 24.6 Å². The lowest BCUT2D eigenvalue weighted by molar-refractivity contribution is 0.501. The van der Waals surface area contributed by atoms with Crippen LogP contribution in [-0.2, 0) is 6.42 Å².